The summed E-state index contributed by atoms with van der Waals surface area (Å²) in [5.41, 5.74) is 7.18. The quantitative estimate of drug-likeness (QED) is 0.876. The molecule has 3 N–H and O–H groups in total. The van der Waals surface area contributed by atoms with E-state index in [4.69, 9.17) is 10.5 Å². The fourth-order valence-electron chi connectivity index (χ4n) is 1.78. The molecule has 5 heteroatoms. The second-order valence-electron chi connectivity index (χ2n) is 6.27. The van der Waals surface area contributed by atoms with Gasteiger partial charge in [-0.25, -0.2) is 4.79 Å². The number of hydrogen-bond donors (Lipinski definition) is 2. The van der Waals surface area contributed by atoms with Crippen LogP contribution in [0.1, 0.15) is 33.3 Å². The smallest absolute Gasteiger partial charge is 0.410 e. The van der Waals surface area contributed by atoms with E-state index in [2.05, 4.69) is 5.32 Å². The lowest BCUT2D eigenvalue weighted by atomic mass is 10.1. The lowest BCUT2D eigenvalue weighted by Gasteiger charge is -2.25. The molecule has 21 heavy (non-hydrogen) atoms. The summed E-state index contributed by atoms with van der Waals surface area (Å²) in [6.07, 6.45) is -0.329. The van der Waals surface area contributed by atoms with Crippen LogP contribution in [-0.2, 0) is 11.3 Å². The zero-order chi connectivity index (χ0) is 16.0. The minimum atomic E-state index is -0.489. The summed E-state index contributed by atoms with van der Waals surface area (Å²) in [7, 11) is 1.73. The third kappa shape index (κ3) is 6.04. The Balaban J connectivity index is 2.76. The summed E-state index contributed by atoms with van der Waals surface area (Å²) in [5.74, 6) is 0. The molecule has 0 aliphatic carbocycles. The summed E-state index contributed by atoms with van der Waals surface area (Å²) >= 11 is 0. The normalized spacial score (nSPS) is 12.7. The van der Waals surface area contributed by atoms with Crippen LogP contribution in [0.3, 0.4) is 0 Å². The number of hydrogen-bond acceptors (Lipinski definition) is 4. The molecule has 0 radical (unpaired) electrons. The fourth-order valence-corrected chi connectivity index (χ4v) is 1.78. The van der Waals surface area contributed by atoms with Crippen molar-refractivity contribution in [3.63, 3.8) is 0 Å². The van der Waals surface area contributed by atoms with Gasteiger partial charge >= 0.3 is 6.09 Å². The first-order valence-corrected chi connectivity index (χ1v) is 7.21. The molecule has 0 aliphatic rings. The minimum Gasteiger partial charge on any atom is -0.444 e. The molecular weight excluding hydrogens is 266 g/mol. The monoisotopic (exact) mass is 293 g/mol. The van der Waals surface area contributed by atoms with E-state index in [1.54, 1.807) is 11.9 Å². The molecule has 1 rings (SSSR count). The van der Waals surface area contributed by atoms with Gasteiger partial charge in [-0.3, -0.25) is 0 Å². The lowest BCUT2D eigenvalue weighted by Crippen LogP contribution is -2.34. The van der Waals surface area contributed by atoms with Crippen LogP contribution in [0.4, 0.5) is 10.5 Å². The van der Waals surface area contributed by atoms with Crippen LogP contribution >= 0.6 is 0 Å². The number of carbonyl (C=O) groups is 1. The molecule has 1 aromatic rings. The molecule has 0 heterocycles. The molecule has 1 aromatic carbocycles. The average molecular weight is 293 g/mol. The number of ether oxygens (including phenoxy) is 1. The van der Waals surface area contributed by atoms with Crippen molar-refractivity contribution in [2.45, 2.75) is 45.9 Å². The van der Waals surface area contributed by atoms with Crippen LogP contribution in [0.2, 0.25) is 0 Å². The van der Waals surface area contributed by atoms with E-state index in [1.807, 2.05) is 52.0 Å². The molecule has 0 bridgehead atoms. The van der Waals surface area contributed by atoms with Crippen LogP contribution in [0.15, 0.2) is 24.3 Å². The van der Waals surface area contributed by atoms with E-state index >= 15 is 0 Å². The molecule has 118 valence electrons. The molecule has 1 atom stereocenters. The zero-order valence-electron chi connectivity index (χ0n) is 13.6. The van der Waals surface area contributed by atoms with Crippen molar-refractivity contribution in [2.75, 3.05) is 18.9 Å². The van der Waals surface area contributed by atoms with Crippen molar-refractivity contribution in [3.8, 4) is 0 Å². The molecule has 1 unspecified atom stereocenters. The highest BCUT2D eigenvalue weighted by molar-refractivity contribution is 5.68. The van der Waals surface area contributed by atoms with Crippen LogP contribution in [0.5, 0.6) is 0 Å². The van der Waals surface area contributed by atoms with Gasteiger partial charge in [0.15, 0.2) is 0 Å². The number of rotatable bonds is 5. The Morgan fingerprint density at radius 1 is 1.38 bits per heavy atom. The predicted molar refractivity (Wildman–Crippen MR) is 86.3 cm³/mol. The molecule has 0 aliphatic heterocycles. The molecule has 1 amide bonds. The molecule has 0 saturated carbocycles. The number of para-hydroxylation sites is 1. The summed E-state index contributed by atoms with van der Waals surface area (Å²) < 4.78 is 5.36. The van der Waals surface area contributed by atoms with Crippen LogP contribution in [-0.4, -0.2) is 36.2 Å². The zero-order valence-corrected chi connectivity index (χ0v) is 13.6. The number of nitrogens with zero attached hydrogens (tertiary/aromatic N) is 1. The first-order valence-electron chi connectivity index (χ1n) is 7.21. The highest BCUT2D eigenvalue weighted by Gasteiger charge is 2.20. The third-order valence-corrected chi connectivity index (χ3v) is 2.89. The molecule has 5 nitrogen and oxygen atoms in total. The van der Waals surface area contributed by atoms with Gasteiger partial charge in [0.1, 0.15) is 5.60 Å². The summed E-state index contributed by atoms with van der Waals surface area (Å²) in [6, 6.07) is 8.08. The van der Waals surface area contributed by atoms with E-state index in [1.165, 1.54) is 0 Å². The maximum Gasteiger partial charge on any atom is 0.410 e. The number of nitrogens with two attached hydrogens (primary N) is 1. The topological polar surface area (TPSA) is 67.6 Å². The van der Waals surface area contributed by atoms with Crippen molar-refractivity contribution in [2.24, 2.45) is 5.73 Å². The van der Waals surface area contributed by atoms with Gasteiger partial charge in [0.05, 0.1) is 6.54 Å². The van der Waals surface area contributed by atoms with E-state index in [9.17, 15) is 4.79 Å². The maximum absolute atomic E-state index is 12.0. The number of benzene rings is 1. The van der Waals surface area contributed by atoms with Gasteiger partial charge in [0, 0.05) is 25.3 Å². The van der Waals surface area contributed by atoms with E-state index in [0.29, 0.717) is 13.1 Å². The Bertz CT molecular complexity index is 469. The number of anilines is 1. The largest absolute Gasteiger partial charge is 0.444 e. The van der Waals surface area contributed by atoms with Gasteiger partial charge in [0.2, 0.25) is 0 Å². The van der Waals surface area contributed by atoms with Crippen molar-refractivity contribution in [1.82, 2.24) is 4.90 Å². The Kier molecular flexibility index (Phi) is 6.03. The van der Waals surface area contributed by atoms with Gasteiger partial charge < -0.3 is 20.7 Å². The van der Waals surface area contributed by atoms with Crippen LogP contribution in [0.25, 0.3) is 0 Å². The van der Waals surface area contributed by atoms with Gasteiger partial charge in [-0.05, 0) is 39.3 Å². The summed E-state index contributed by atoms with van der Waals surface area (Å²) in [6.45, 7) is 8.63. The standard InChI is InChI=1S/C16H27N3O2/c1-12(10-17)18-14-9-7-6-8-13(14)11-19(5)15(20)21-16(2,3)4/h6-9,12,18H,10-11,17H2,1-5H3. The number of carbonyl (C=O) groups excluding carboxylic acids is 1. The highest BCUT2D eigenvalue weighted by atomic mass is 16.6. The van der Waals surface area contributed by atoms with Crippen molar-refractivity contribution in [3.05, 3.63) is 29.8 Å². The molecule has 0 saturated heterocycles. The van der Waals surface area contributed by atoms with Crippen molar-refractivity contribution in [1.29, 1.82) is 0 Å². The van der Waals surface area contributed by atoms with Crippen LogP contribution < -0.4 is 11.1 Å². The van der Waals surface area contributed by atoms with E-state index in [-0.39, 0.29) is 12.1 Å². The fraction of sp³-hybridized carbons (Fsp3) is 0.562. The minimum absolute atomic E-state index is 0.179. The molecule has 0 spiro atoms. The first kappa shape index (κ1) is 17.3. The van der Waals surface area contributed by atoms with Gasteiger partial charge in [-0.15, -0.1) is 0 Å². The highest BCUT2D eigenvalue weighted by Crippen LogP contribution is 2.19. The second kappa shape index (κ2) is 7.31. The third-order valence-electron chi connectivity index (χ3n) is 2.89. The maximum atomic E-state index is 12.0. The van der Waals surface area contributed by atoms with Gasteiger partial charge in [-0.1, -0.05) is 18.2 Å². The summed E-state index contributed by atoms with van der Waals surface area (Å²) in [4.78, 5) is 13.6. The lowest BCUT2D eigenvalue weighted by molar-refractivity contribution is 0.0285. The van der Waals surface area contributed by atoms with Crippen molar-refractivity contribution >= 4 is 11.8 Å². The number of amides is 1. The Morgan fingerprint density at radius 2 is 2.00 bits per heavy atom. The van der Waals surface area contributed by atoms with E-state index < -0.39 is 5.60 Å². The average Bonchev–Trinajstić information content (AvgIpc) is 2.38. The first-order chi connectivity index (χ1) is 9.73. The van der Waals surface area contributed by atoms with Crippen LogP contribution in [0, 0.1) is 0 Å². The molecule has 0 aromatic heterocycles. The Hall–Kier alpha value is -1.75. The van der Waals surface area contributed by atoms with Gasteiger partial charge in [0.25, 0.3) is 0 Å². The summed E-state index contributed by atoms with van der Waals surface area (Å²) in [5, 5.41) is 3.35. The number of nitrogens with one attached hydrogen (secondary N) is 1. The second-order valence-corrected chi connectivity index (χ2v) is 6.27. The molecule has 0 fully saturated rings. The Labute approximate surface area is 127 Å². The van der Waals surface area contributed by atoms with Gasteiger partial charge in [-0.2, -0.15) is 0 Å². The molecular formula is C16H27N3O2. The predicted octanol–water partition coefficient (Wildman–Crippen LogP) is 2.81. The SMILES string of the molecule is CC(CN)Nc1ccccc1CN(C)C(=O)OC(C)(C)C. The van der Waals surface area contributed by atoms with Crippen molar-refractivity contribution < 1.29 is 9.53 Å². The van der Waals surface area contributed by atoms with E-state index in [0.717, 1.165) is 11.3 Å². The Morgan fingerprint density at radius 3 is 2.57 bits per heavy atom.